The molecule has 1 amide bonds. The Morgan fingerprint density at radius 2 is 1.93 bits per heavy atom. The lowest BCUT2D eigenvalue weighted by molar-refractivity contribution is -0.160. The number of methoxy groups -OCH3 is 1. The molecule has 2 heterocycles. The van der Waals surface area contributed by atoms with Crippen LogP contribution < -0.4 is 14.9 Å². The van der Waals surface area contributed by atoms with Crippen molar-refractivity contribution in [2.45, 2.75) is 38.9 Å². The molecule has 1 aliphatic heterocycles. The van der Waals surface area contributed by atoms with Gasteiger partial charge in [0, 0.05) is 41.9 Å². The van der Waals surface area contributed by atoms with Crippen LogP contribution in [-0.2, 0) is 24.7 Å². The molecular weight excluding hydrogens is 570 g/mol. The molecule has 2 N–H and O–H groups in total. The molecule has 0 bridgehead atoms. The van der Waals surface area contributed by atoms with Gasteiger partial charge in [0.25, 0.3) is 0 Å². The van der Waals surface area contributed by atoms with Gasteiger partial charge < -0.3 is 33.7 Å². The number of Topliss-reactive ketones (excluding diaryl/α,β-unsaturated/α-hetero) is 2. The van der Waals surface area contributed by atoms with Crippen LogP contribution in [0.15, 0.2) is 44.3 Å². The summed E-state index contributed by atoms with van der Waals surface area (Å²) < 4.78 is 23.0. The van der Waals surface area contributed by atoms with Crippen molar-refractivity contribution in [2.75, 3.05) is 21.0 Å². The maximum Gasteiger partial charge on any atom is 0.223 e. The van der Waals surface area contributed by atoms with Gasteiger partial charge in [-0.15, -0.1) is 0 Å². The van der Waals surface area contributed by atoms with E-state index in [4.69, 9.17) is 30.2 Å². The van der Waals surface area contributed by atoms with E-state index in [1.54, 1.807) is 6.92 Å². The van der Waals surface area contributed by atoms with E-state index in [1.807, 2.05) is 0 Å². The van der Waals surface area contributed by atoms with Crippen LogP contribution in [0.4, 0.5) is 0 Å². The summed E-state index contributed by atoms with van der Waals surface area (Å²) >= 11 is 6.26. The molecular formula is C30H26ClNO10. The monoisotopic (exact) mass is 595 g/mol. The standard InChI is InChI=1S/C30H26ClNO10/c1-11(32(4)13(3)33)8-15-12(2)29(37)30(38)16(22(15)34)9-18-19-21(30)24(36)20-23(35)14-6-7-17(31)26(39-5)25(14)42-28(20)27(19)41-10-40-18/h6-8,16,18,36,38H,9-10H2,1-5H3/b11-8-. The van der Waals surface area contributed by atoms with E-state index in [9.17, 15) is 29.4 Å². The van der Waals surface area contributed by atoms with E-state index in [0.717, 1.165) is 0 Å². The fourth-order valence-electron chi connectivity index (χ4n) is 6.19. The number of halogens is 1. The summed E-state index contributed by atoms with van der Waals surface area (Å²) in [7, 11) is 2.89. The molecule has 0 radical (unpaired) electrons. The zero-order valence-corrected chi connectivity index (χ0v) is 24.0. The average Bonchev–Trinajstić information content (AvgIpc) is 2.96. The Balaban J connectivity index is 1.68. The molecule has 3 unspecified atom stereocenters. The number of fused-ring (bicyclic) bond motifs is 5. The van der Waals surface area contributed by atoms with Crippen molar-refractivity contribution in [1.82, 2.24) is 4.90 Å². The lowest BCUT2D eigenvalue weighted by Gasteiger charge is -2.46. The summed E-state index contributed by atoms with van der Waals surface area (Å²) in [5.74, 6) is -3.68. The number of benzene rings is 2. The van der Waals surface area contributed by atoms with Gasteiger partial charge in [-0.25, -0.2) is 0 Å². The van der Waals surface area contributed by atoms with Crippen LogP contribution in [0.1, 0.15) is 44.4 Å². The van der Waals surface area contributed by atoms with E-state index < -0.39 is 40.4 Å². The van der Waals surface area contributed by atoms with Crippen molar-refractivity contribution in [2.24, 2.45) is 5.92 Å². The van der Waals surface area contributed by atoms with E-state index in [2.05, 4.69) is 0 Å². The second kappa shape index (κ2) is 9.41. The summed E-state index contributed by atoms with van der Waals surface area (Å²) in [6.45, 7) is 4.08. The Morgan fingerprint density at radius 3 is 2.60 bits per heavy atom. The first-order valence-electron chi connectivity index (χ1n) is 13.1. The lowest BCUT2D eigenvalue weighted by Crippen LogP contribution is -2.54. The van der Waals surface area contributed by atoms with Gasteiger partial charge >= 0.3 is 0 Å². The van der Waals surface area contributed by atoms with Gasteiger partial charge in [0.05, 0.1) is 29.5 Å². The highest BCUT2D eigenvalue weighted by Gasteiger charge is 2.61. The summed E-state index contributed by atoms with van der Waals surface area (Å²) in [6, 6.07) is 2.84. The minimum absolute atomic E-state index is 0.00606. The smallest absolute Gasteiger partial charge is 0.223 e. The number of aliphatic hydroxyl groups is 1. The van der Waals surface area contributed by atoms with E-state index >= 15 is 0 Å². The van der Waals surface area contributed by atoms with E-state index in [1.165, 1.54) is 51.1 Å². The third-order valence-corrected chi connectivity index (χ3v) is 8.82. The van der Waals surface area contributed by atoms with Crippen molar-refractivity contribution in [1.29, 1.82) is 0 Å². The normalized spacial score (nSPS) is 23.5. The molecule has 2 aromatic carbocycles. The minimum atomic E-state index is -2.54. The molecule has 42 heavy (non-hydrogen) atoms. The van der Waals surface area contributed by atoms with Crippen LogP contribution in [0.5, 0.6) is 17.2 Å². The Kier molecular flexibility index (Phi) is 6.27. The number of hydrogen-bond donors (Lipinski definition) is 2. The molecule has 3 aliphatic rings. The van der Waals surface area contributed by atoms with Crippen molar-refractivity contribution in [3.8, 4) is 17.2 Å². The number of nitrogens with zero attached hydrogens (tertiary/aromatic N) is 1. The van der Waals surface area contributed by atoms with E-state index in [-0.39, 0.29) is 79.9 Å². The largest absolute Gasteiger partial charge is 0.507 e. The first-order valence-corrected chi connectivity index (χ1v) is 13.4. The van der Waals surface area contributed by atoms with Gasteiger partial charge in [0.15, 0.2) is 46.6 Å². The number of ketones is 2. The molecule has 218 valence electrons. The van der Waals surface area contributed by atoms with E-state index in [0.29, 0.717) is 5.70 Å². The summed E-state index contributed by atoms with van der Waals surface area (Å²) in [4.78, 5) is 55.0. The number of allylic oxidation sites excluding steroid dienone is 3. The summed E-state index contributed by atoms with van der Waals surface area (Å²) in [6.07, 6.45) is 0.407. The van der Waals surface area contributed by atoms with Crippen LogP contribution in [0, 0.1) is 5.92 Å². The molecule has 6 rings (SSSR count). The number of amides is 1. The molecule has 2 aliphatic carbocycles. The Bertz CT molecular complexity index is 1900. The van der Waals surface area contributed by atoms with Gasteiger partial charge in [0.2, 0.25) is 11.3 Å². The molecule has 3 aromatic rings. The Morgan fingerprint density at radius 1 is 1.21 bits per heavy atom. The highest BCUT2D eigenvalue weighted by Crippen LogP contribution is 2.59. The van der Waals surface area contributed by atoms with Crippen molar-refractivity contribution >= 4 is 51.0 Å². The molecule has 1 aromatic heterocycles. The topological polar surface area (TPSA) is 153 Å². The number of phenols is 1. The number of carbonyl (C=O) groups excluding carboxylic acids is 3. The third-order valence-electron chi connectivity index (χ3n) is 8.52. The maximum absolute atomic E-state index is 14.0. The molecule has 11 nitrogen and oxygen atoms in total. The molecule has 0 spiro atoms. The average molecular weight is 596 g/mol. The molecule has 3 atom stereocenters. The van der Waals surface area contributed by atoms with Crippen molar-refractivity contribution in [3.05, 3.63) is 61.4 Å². The lowest BCUT2D eigenvalue weighted by atomic mass is 9.60. The van der Waals surface area contributed by atoms with Crippen LogP contribution in [0.3, 0.4) is 0 Å². The Hall–Kier alpha value is -4.19. The predicted octanol–water partition coefficient (Wildman–Crippen LogP) is 3.78. The second-order valence-electron chi connectivity index (χ2n) is 10.6. The van der Waals surface area contributed by atoms with Gasteiger partial charge in [-0.2, -0.15) is 0 Å². The maximum atomic E-state index is 14.0. The number of aromatic hydroxyl groups is 1. The fourth-order valence-corrected chi connectivity index (χ4v) is 6.41. The third kappa shape index (κ3) is 3.53. The first kappa shape index (κ1) is 28.0. The number of ether oxygens (including phenoxy) is 3. The molecule has 12 heteroatoms. The molecule has 0 saturated carbocycles. The predicted molar refractivity (Wildman–Crippen MR) is 149 cm³/mol. The SMILES string of the molecule is COc1c(Cl)ccc2c(=O)c3c(O)c4c5c(c3oc12)OCOC5CC1C(=O)C(/C=C(/C)N(C)C(C)=O)=C(C)C(=O)C41O. The van der Waals surface area contributed by atoms with Gasteiger partial charge in [-0.05, 0) is 38.5 Å². The summed E-state index contributed by atoms with van der Waals surface area (Å²) in [5, 5.41) is 23.8. The number of phenolic OH excluding ortho intramolecular Hbond substituents is 1. The van der Waals surface area contributed by atoms with Crippen molar-refractivity contribution < 1.29 is 43.2 Å². The number of hydrogen-bond acceptors (Lipinski definition) is 10. The zero-order chi connectivity index (χ0) is 30.4. The van der Waals surface area contributed by atoms with Crippen LogP contribution >= 0.6 is 11.6 Å². The van der Waals surface area contributed by atoms with Gasteiger partial charge in [0.1, 0.15) is 11.1 Å². The first-order chi connectivity index (χ1) is 19.8. The second-order valence-corrected chi connectivity index (χ2v) is 11.0. The van der Waals surface area contributed by atoms with Gasteiger partial charge in [-0.3, -0.25) is 19.2 Å². The Labute approximate surface area is 243 Å². The van der Waals surface area contributed by atoms with Gasteiger partial charge in [-0.1, -0.05) is 11.6 Å². The highest BCUT2D eigenvalue weighted by atomic mass is 35.5. The number of carbonyl (C=O) groups is 3. The molecule has 0 fully saturated rings. The molecule has 0 saturated heterocycles. The van der Waals surface area contributed by atoms with Crippen molar-refractivity contribution in [3.63, 3.8) is 0 Å². The van der Waals surface area contributed by atoms with Crippen LogP contribution in [0.25, 0.3) is 21.9 Å². The quantitative estimate of drug-likeness (QED) is 0.428. The van der Waals surface area contributed by atoms with Crippen LogP contribution in [-0.4, -0.2) is 53.5 Å². The van der Waals surface area contributed by atoms with Crippen LogP contribution in [0.2, 0.25) is 5.02 Å². The minimum Gasteiger partial charge on any atom is -0.507 e. The number of rotatable bonds is 3. The zero-order valence-electron chi connectivity index (χ0n) is 23.3. The summed E-state index contributed by atoms with van der Waals surface area (Å²) in [5.41, 5.74) is -3.21. The highest BCUT2D eigenvalue weighted by molar-refractivity contribution is 6.33. The fraction of sp³-hybridized carbons (Fsp3) is 0.333.